The summed E-state index contributed by atoms with van der Waals surface area (Å²) in [4.78, 5) is 14.6. The van der Waals surface area contributed by atoms with Gasteiger partial charge in [0.15, 0.2) is 0 Å². The zero-order valence-electron chi connectivity index (χ0n) is 12.3. The van der Waals surface area contributed by atoms with E-state index in [0.29, 0.717) is 5.56 Å². The summed E-state index contributed by atoms with van der Waals surface area (Å²) in [6, 6.07) is 6.72. The van der Waals surface area contributed by atoms with Crippen molar-refractivity contribution >= 4 is 16.0 Å². The minimum atomic E-state index is -4.32. The van der Waals surface area contributed by atoms with Crippen LogP contribution in [0, 0.1) is 5.82 Å². The highest BCUT2D eigenvalue weighted by molar-refractivity contribution is 7.89. The number of nitrogens with zero attached hydrogens (tertiary/aromatic N) is 2. The molecule has 23 heavy (non-hydrogen) atoms. The highest BCUT2D eigenvalue weighted by atomic mass is 32.2. The second-order valence-corrected chi connectivity index (χ2v) is 6.72. The Balaban J connectivity index is 2.48. The highest BCUT2D eigenvalue weighted by Gasteiger charge is 2.34. The Hall–Kier alpha value is -2.32. The van der Waals surface area contributed by atoms with Gasteiger partial charge < -0.3 is 5.11 Å². The van der Waals surface area contributed by atoms with E-state index in [4.69, 9.17) is 0 Å². The number of carbonyl (C=O) groups is 1. The molecule has 0 radical (unpaired) electrons. The zero-order valence-corrected chi connectivity index (χ0v) is 13.1. The summed E-state index contributed by atoms with van der Waals surface area (Å²) in [5.41, 5.74) is 0.500. The number of hydrogen-bond donors (Lipinski definition) is 1. The maximum Gasteiger partial charge on any atom is 0.321 e. The summed E-state index contributed by atoms with van der Waals surface area (Å²) >= 11 is 0. The van der Waals surface area contributed by atoms with E-state index in [1.54, 1.807) is 12.1 Å². The van der Waals surface area contributed by atoms with E-state index >= 15 is 0 Å². The number of benzene rings is 1. The molecule has 0 saturated carbocycles. The third kappa shape index (κ3) is 3.72. The van der Waals surface area contributed by atoms with Crippen molar-refractivity contribution in [2.24, 2.45) is 0 Å². The Kier molecular flexibility index (Phi) is 5.07. The van der Waals surface area contributed by atoms with E-state index in [2.05, 4.69) is 4.98 Å². The summed E-state index contributed by atoms with van der Waals surface area (Å²) in [7, 11) is -4.32. The van der Waals surface area contributed by atoms with E-state index in [1.807, 2.05) is 0 Å². The van der Waals surface area contributed by atoms with Crippen molar-refractivity contribution in [1.29, 1.82) is 0 Å². The normalized spacial score (nSPS) is 13.0. The quantitative estimate of drug-likeness (QED) is 0.869. The first kappa shape index (κ1) is 17.0. The fourth-order valence-corrected chi connectivity index (χ4v) is 3.65. The zero-order chi connectivity index (χ0) is 17.0. The Morgan fingerprint density at radius 2 is 2.00 bits per heavy atom. The molecule has 1 atom stereocenters. The van der Waals surface area contributed by atoms with Gasteiger partial charge in [0.1, 0.15) is 16.8 Å². The topological polar surface area (TPSA) is 87.6 Å². The van der Waals surface area contributed by atoms with Crippen molar-refractivity contribution < 1.29 is 22.7 Å². The molecule has 0 spiro atoms. The number of aliphatic carboxylic acids is 1. The molecule has 0 aliphatic heterocycles. The van der Waals surface area contributed by atoms with Gasteiger partial charge in [-0.2, -0.15) is 4.31 Å². The Morgan fingerprint density at radius 3 is 2.57 bits per heavy atom. The minimum absolute atomic E-state index is 0.224. The predicted octanol–water partition coefficient (Wildman–Crippen LogP) is 1.88. The van der Waals surface area contributed by atoms with Crippen LogP contribution >= 0.6 is 0 Å². The second kappa shape index (κ2) is 6.84. The van der Waals surface area contributed by atoms with Crippen molar-refractivity contribution in [3.8, 4) is 0 Å². The fourth-order valence-electron chi connectivity index (χ4n) is 2.01. The number of carboxylic acids is 1. The van der Waals surface area contributed by atoms with Crippen molar-refractivity contribution in [3.05, 3.63) is 60.2 Å². The third-order valence-electron chi connectivity index (χ3n) is 3.27. The lowest BCUT2D eigenvalue weighted by Gasteiger charge is -2.25. The van der Waals surface area contributed by atoms with Gasteiger partial charge in [0, 0.05) is 18.9 Å². The molecule has 0 amide bonds. The first-order chi connectivity index (χ1) is 10.8. The summed E-state index contributed by atoms with van der Waals surface area (Å²) in [6.45, 7) is 1.01. The Bertz CT molecular complexity index is 796. The van der Waals surface area contributed by atoms with Crippen LogP contribution in [0.4, 0.5) is 4.39 Å². The molecule has 1 aromatic heterocycles. The van der Waals surface area contributed by atoms with E-state index < -0.39 is 32.7 Å². The molecule has 0 bridgehead atoms. The van der Waals surface area contributed by atoms with Crippen LogP contribution in [0.5, 0.6) is 0 Å². The number of sulfonamides is 1. The summed E-state index contributed by atoms with van der Waals surface area (Å²) in [5, 5.41) is 9.19. The van der Waals surface area contributed by atoms with Gasteiger partial charge in [0.05, 0.1) is 0 Å². The second-order valence-electron chi connectivity index (χ2n) is 4.86. The van der Waals surface area contributed by atoms with Gasteiger partial charge in [-0.3, -0.25) is 9.78 Å². The van der Waals surface area contributed by atoms with Crippen LogP contribution in [-0.2, 0) is 21.4 Å². The molecule has 0 fully saturated rings. The summed E-state index contributed by atoms with van der Waals surface area (Å²) in [6.07, 6.45) is 2.94. The highest BCUT2D eigenvalue weighted by Crippen LogP contribution is 2.23. The largest absolute Gasteiger partial charge is 0.480 e. The van der Waals surface area contributed by atoms with Crippen LogP contribution in [0.25, 0.3) is 0 Å². The van der Waals surface area contributed by atoms with E-state index in [0.717, 1.165) is 16.4 Å². The first-order valence-electron chi connectivity index (χ1n) is 6.72. The van der Waals surface area contributed by atoms with Crippen molar-refractivity contribution in [3.63, 3.8) is 0 Å². The average molecular weight is 338 g/mol. The van der Waals surface area contributed by atoms with E-state index in [1.165, 1.54) is 31.5 Å². The molecule has 2 rings (SSSR count). The number of hydrogen-bond acceptors (Lipinski definition) is 4. The maximum atomic E-state index is 13.9. The number of aromatic nitrogens is 1. The lowest BCUT2D eigenvalue weighted by Crippen LogP contribution is -2.42. The molecule has 122 valence electrons. The van der Waals surface area contributed by atoms with Gasteiger partial charge in [-0.25, -0.2) is 12.8 Å². The van der Waals surface area contributed by atoms with Crippen molar-refractivity contribution in [1.82, 2.24) is 9.29 Å². The van der Waals surface area contributed by atoms with E-state index in [9.17, 15) is 22.7 Å². The van der Waals surface area contributed by atoms with Crippen LogP contribution in [0.2, 0.25) is 0 Å². The van der Waals surface area contributed by atoms with Crippen LogP contribution < -0.4 is 0 Å². The number of halogens is 1. The smallest absolute Gasteiger partial charge is 0.321 e. The molecule has 1 N–H and O–H groups in total. The number of carboxylic acid groups (broad SMARTS) is 1. The van der Waals surface area contributed by atoms with Crippen LogP contribution in [0.1, 0.15) is 12.5 Å². The van der Waals surface area contributed by atoms with Gasteiger partial charge >= 0.3 is 5.97 Å². The molecule has 0 aliphatic carbocycles. The monoisotopic (exact) mass is 338 g/mol. The first-order valence-corrected chi connectivity index (χ1v) is 8.16. The van der Waals surface area contributed by atoms with E-state index in [-0.39, 0.29) is 6.54 Å². The molecule has 1 aromatic carbocycles. The number of rotatable bonds is 6. The molecule has 8 heteroatoms. The Morgan fingerprint density at radius 1 is 1.30 bits per heavy atom. The minimum Gasteiger partial charge on any atom is -0.480 e. The molecular formula is C15H15FN2O4S. The molecule has 0 saturated heterocycles. The lowest BCUT2D eigenvalue weighted by atomic mass is 10.2. The molecular weight excluding hydrogens is 323 g/mol. The van der Waals surface area contributed by atoms with Gasteiger partial charge in [0.25, 0.3) is 0 Å². The third-order valence-corrected chi connectivity index (χ3v) is 5.22. The molecule has 6 nitrogen and oxygen atoms in total. The predicted molar refractivity (Wildman–Crippen MR) is 80.5 cm³/mol. The standard InChI is InChI=1S/C15H15FN2O4S/c1-11(15(19)20)18(10-12-5-4-8-17-9-12)23(21,22)14-7-3-2-6-13(14)16/h2-9,11H,10H2,1H3,(H,19,20). The van der Waals surface area contributed by atoms with Crippen molar-refractivity contribution in [2.45, 2.75) is 24.4 Å². The van der Waals surface area contributed by atoms with Crippen LogP contribution in [0.3, 0.4) is 0 Å². The van der Waals surface area contributed by atoms with Crippen molar-refractivity contribution in [2.75, 3.05) is 0 Å². The maximum absolute atomic E-state index is 13.9. The fraction of sp³-hybridized carbons (Fsp3) is 0.200. The van der Waals surface area contributed by atoms with Gasteiger partial charge in [0.2, 0.25) is 10.0 Å². The number of pyridine rings is 1. The molecule has 1 unspecified atom stereocenters. The van der Waals surface area contributed by atoms with Crippen LogP contribution in [0.15, 0.2) is 53.7 Å². The summed E-state index contributed by atoms with van der Waals surface area (Å²) in [5.74, 6) is -2.25. The van der Waals surface area contributed by atoms with Gasteiger partial charge in [-0.1, -0.05) is 18.2 Å². The molecule has 2 aromatic rings. The van der Waals surface area contributed by atoms with Crippen LogP contribution in [-0.4, -0.2) is 34.8 Å². The summed E-state index contributed by atoms with van der Waals surface area (Å²) < 4.78 is 40.0. The molecule has 0 aliphatic rings. The average Bonchev–Trinajstić information content (AvgIpc) is 2.53. The lowest BCUT2D eigenvalue weighted by molar-refractivity contribution is -0.141. The van der Waals surface area contributed by atoms with Gasteiger partial charge in [-0.15, -0.1) is 0 Å². The Labute approximate surface area is 133 Å². The van der Waals surface area contributed by atoms with Gasteiger partial charge in [-0.05, 0) is 30.7 Å². The molecule has 1 heterocycles. The SMILES string of the molecule is CC(C(=O)O)N(Cc1cccnc1)S(=O)(=O)c1ccccc1F.